The van der Waals surface area contributed by atoms with Crippen molar-refractivity contribution in [2.24, 2.45) is 0 Å². The smallest absolute Gasteiger partial charge is 0.208 e. The number of hydrogen-bond acceptors (Lipinski definition) is 5. The summed E-state index contributed by atoms with van der Waals surface area (Å²) < 4.78 is 30.7. The molecule has 2 atom stereocenters. The molecule has 254 valence electrons. The molecule has 0 bridgehead atoms. The van der Waals surface area contributed by atoms with E-state index in [1.165, 1.54) is 36.9 Å². The van der Waals surface area contributed by atoms with Crippen LogP contribution in [-0.2, 0) is 26.8 Å². The maximum absolute atomic E-state index is 6.67. The first-order chi connectivity index (χ1) is 24.8. The highest BCUT2D eigenvalue weighted by molar-refractivity contribution is 7.97. The van der Waals surface area contributed by atoms with E-state index in [-0.39, 0.29) is 12.6 Å². The van der Waals surface area contributed by atoms with E-state index in [9.17, 15) is 0 Å². The third-order valence-corrected chi connectivity index (χ3v) is 11.7. The second kappa shape index (κ2) is 15.6. The Labute approximate surface area is 297 Å². The van der Waals surface area contributed by atoms with Crippen LogP contribution in [0, 0.1) is 0 Å². The Morgan fingerprint density at radius 1 is 0.560 bits per heavy atom. The van der Waals surface area contributed by atoms with Crippen LogP contribution < -0.4 is 14.2 Å². The minimum absolute atomic E-state index is 0.178. The fourth-order valence-electron chi connectivity index (χ4n) is 6.87. The van der Waals surface area contributed by atoms with Gasteiger partial charge < -0.3 is 23.7 Å². The van der Waals surface area contributed by atoms with Crippen LogP contribution in [0.1, 0.15) is 44.1 Å². The van der Waals surface area contributed by atoms with Gasteiger partial charge in [-0.05, 0) is 126 Å². The van der Waals surface area contributed by atoms with Crippen molar-refractivity contribution in [2.45, 2.75) is 72.2 Å². The minimum Gasteiger partial charge on any atom is -0.488 e. The average Bonchev–Trinajstić information content (AvgIpc) is 3.17. The highest BCUT2D eigenvalue weighted by Crippen LogP contribution is 2.38. The predicted octanol–water partition coefficient (Wildman–Crippen LogP) is 10.5. The fraction of sp³-hybridized carbons (Fsp3) is 0.273. The Bertz CT molecular complexity index is 1950. The number of rotatable bonds is 11. The summed E-state index contributed by atoms with van der Waals surface area (Å²) in [5.74, 6) is 2.55. The standard InChI is InChI=1S/C44H43O5S/c1-2-11-34-31-40-32(12-9-13-35(40)30-33(34)10-1)26-29-45-41-14-3-4-15-42(41)50(38-22-18-36(19-23-38)48-43-16-5-7-27-46-43)39-24-20-37(21-25-39)49-44-17-6-8-28-47-44/h1-4,9-15,18-25,30-31,43-44H,5-8,16-17,26-29H2/q+1. The normalized spacial score (nSPS) is 18.5. The summed E-state index contributed by atoms with van der Waals surface area (Å²) in [6.45, 7) is 2.09. The highest BCUT2D eigenvalue weighted by Gasteiger charge is 2.33. The predicted molar refractivity (Wildman–Crippen MR) is 201 cm³/mol. The molecule has 6 aromatic rings. The molecule has 8 rings (SSSR count). The fourth-order valence-corrected chi connectivity index (χ4v) is 9.01. The van der Waals surface area contributed by atoms with Gasteiger partial charge in [-0.2, -0.15) is 0 Å². The van der Waals surface area contributed by atoms with Crippen molar-refractivity contribution >= 4 is 32.4 Å². The van der Waals surface area contributed by atoms with E-state index < -0.39 is 10.9 Å². The lowest BCUT2D eigenvalue weighted by molar-refractivity contribution is -0.106. The molecule has 2 saturated heterocycles. The van der Waals surface area contributed by atoms with Crippen LogP contribution in [0.5, 0.6) is 17.2 Å². The number of benzene rings is 6. The molecule has 0 aliphatic carbocycles. The average molecular weight is 684 g/mol. The quantitative estimate of drug-likeness (QED) is 0.100. The maximum atomic E-state index is 6.67. The molecule has 0 amide bonds. The molecule has 5 nitrogen and oxygen atoms in total. The first-order valence-corrected chi connectivity index (χ1v) is 19.1. The molecule has 0 N–H and O–H groups in total. The first kappa shape index (κ1) is 32.7. The van der Waals surface area contributed by atoms with Gasteiger partial charge in [0.05, 0.1) is 19.8 Å². The number of para-hydroxylation sites is 1. The molecule has 2 aliphatic rings. The summed E-state index contributed by atoms with van der Waals surface area (Å²) >= 11 is 0. The molecule has 6 heteroatoms. The van der Waals surface area contributed by atoms with Crippen LogP contribution in [0.15, 0.2) is 142 Å². The number of fused-ring (bicyclic) bond motifs is 2. The van der Waals surface area contributed by atoms with Crippen molar-refractivity contribution in [2.75, 3.05) is 19.8 Å². The van der Waals surface area contributed by atoms with Crippen molar-refractivity contribution in [1.29, 1.82) is 0 Å². The van der Waals surface area contributed by atoms with Gasteiger partial charge in [-0.1, -0.05) is 54.6 Å². The van der Waals surface area contributed by atoms with Gasteiger partial charge in [0.2, 0.25) is 4.90 Å². The molecule has 50 heavy (non-hydrogen) atoms. The van der Waals surface area contributed by atoms with Crippen molar-refractivity contribution in [1.82, 2.24) is 0 Å². The summed E-state index contributed by atoms with van der Waals surface area (Å²) in [4.78, 5) is 3.51. The Hall–Kier alpha value is -4.49. The molecule has 0 spiro atoms. The molecule has 2 heterocycles. The van der Waals surface area contributed by atoms with Gasteiger partial charge in [-0.3, -0.25) is 0 Å². The van der Waals surface area contributed by atoms with E-state index in [0.717, 1.165) is 80.3 Å². The van der Waals surface area contributed by atoms with Crippen LogP contribution >= 0.6 is 0 Å². The lowest BCUT2D eigenvalue weighted by Gasteiger charge is -2.23. The maximum Gasteiger partial charge on any atom is 0.208 e. The van der Waals surface area contributed by atoms with Crippen LogP contribution in [-0.4, -0.2) is 32.4 Å². The summed E-state index contributed by atoms with van der Waals surface area (Å²) in [6.07, 6.45) is 6.76. The van der Waals surface area contributed by atoms with Gasteiger partial charge in [0.15, 0.2) is 28.1 Å². The Morgan fingerprint density at radius 3 is 1.76 bits per heavy atom. The van der Waals surface area contributed by atoms with Crippen molar-refractivity contribution in [3.63, 3.8) is 0 Å². The van der Waals surface area contributed by atoms with Crippen LogP contribution in [0.2, 0.25) is 0 Å². The summed E-state index contributed by atoms with van der Waals surface area (Å²) in [5.41, 5.74) is 1.29. The molecule has 2 fully saturated rings. The van der Waals surface area contributed by atoms with E-state index in [1.807, 2.05) is 0 Å². The topological polar surface area (TPSA) is 46.2 Å². The Morgan fingerprint density at radius 2 is 1.14 bits per heavy atom. The van der Waals surface area contributed by atoms with Crippen molar-refractivity contribution < 1.29 is 23.7 Å². The molecule has 2 aliphatic heterocycles. The minimum atomic E-state index is -0.441. The molecule has 6 aromatic carbocycles. The van der Waals surface area contributed by atoms with Crippen LogP contribution in [0.3, 0.4) is 0 Å². The van der Waals surface area contributed by atoms with Gasteiger partial charge >= 0.3 is 0 Å². The largest absolute Gasteiger partial charge is 0.488 e. The van der Waals surface area contributed by atoms with E-state index in [2.05, 4.69) is 127 Å². The van der Waals surface area contributed by atoms with E-state index in [4.69, 9.17) is 23.7 Å². The monoisotopic (exact) mass is 683 g/mol. The van der Waals surface area contributed by atoms with Crippen LogP contribution in [0.4, 0.5) is 0 Å². The molecule has 2 unspecified atom stereocenters. The van der Waals surface area contributed by atoms with Gasteiger partial charge in [0, 0.05) is 19.3 Å². The molecular weight excluding hydrogens is 641 g/mol. The van der Waals surface area contributed by atoms with Crippen molar-refractivity contribution in [3.05, 3.63) is 133 Å². The van der Waals surface area contributed by atoms with Gasteiger partial charge in [-0.25, -0.2) is 0 Å². The highest BCUT2D eigenvalue weighted by atomic mass is 32.2. The SMILES string of the molecule is c1ccc([S+](c2ccc(OC3CCCCO3)cc2)c2ccc(OC3CCCCO3)cc2)c(OCCc2cccc3cc4ccccc4cc23)c1. The lowest BCUT2D eigenvalue weighted by atomic mass is 9.98. The number of ether oxygens (including phenoxy) is 5. The van der Waals surface area contributed by atoms with Gasteiger partial charge in [-0.15, -0.1) is 0 Å². The third kappa shape index (κ3) is 7.63. The molecule has 0 radical (unpaired) electrons. The zero-order chi connectivity index (χ0) is 33.5. The summed E-state index contributed by atoms with van der Waals surface area (Å²) in [6, 6.07) is 45.2. The first-order valence-electron chi connectivity index (χ1n) is 17.9. The number of hydrogen-bond donors (Lipinski definition) is 0. The molecule has 0 aromatic heterocycles. The lowest BCUT2D eigenvalue weighted by Crippen LogP contribution is -2.25. The third-order valence-electron chi connectivity index (χ3n) is 9.46. The van der Waals surface area contributed by atoms with Crippen molar-refractivity contribution in [3.8, 4) is 17.2 Å². The molecule has 0 saturated carbocycles. The van der Waals surface area contributed by atoms with E-state index >= 15 is 0 Å². The van der Waals surface area contributed by atoms with E-state index in [0.29, 0.717) is 6.61 Å². The van der Waals surface area contributed by atoms with Gasteiger partial charge in [0.25, 0.3) is 0 Å². The zero-order valence-corrected chi connectivity index (χ0v) is 29.1. The second-order valence-corrected chi connectivity index (χ2v) is 15.0. The van der Waals surface area contributed by atoms with E-state index in [1.54, 1.807) is 0 Å². The van der Waals surface area contributed by atoms with Gasteiger partial charge in [0.1, 0.15) is 22.4 Å². The second-order valence-electron chi connectivity index (χ2n) is 13.0. The zero-order valence-electron chi connectivity index (χ0n) is 28.3. The Kier molecular flexibility index (Phi) is 10.2. The summed E-state index contributed by atoms with van der Waals surface area (Å²) in [5, 5.41) is 5.06. The Balaban J connectivity index is 1.06. The molecular formula is C44H43O5S+. The summed E-state index contributed by atoms with van der Waals surface area (Å²) in [7, 11) is -0.441. The van der Waals surface area contributed by atoms with Crippen LogP contribution in [0.25, 0.3) is 21.5 Å².